The van der Waals surface area contributed by atoms with Gasteiger partial charge in [0.15, 0.2) is 5.65 Å². The Bertz CT molecular complexity index is 1420. The number of hydrogen-bond acceptors (Lipinski definition) is 5. The molecule has 8 heteroatoms. The smallest absolute Gasteiger partial charge is 0.160 e. The Morgan fingerprint density at radius 3 is 2.55 bits per heavy atom. The van der Waals surface area contributed by atoms with E-state index in [4.69, 9.17) is 0 Å². The van der Waals surface area contributed by atoms with Crippen molar-refractivity contribution in [2.24, 2.45) is 5.18 Å². The highest BCUT2D eigenvalue weighted by Crippen LogP contribution is 2.26. The predicted octanol–water partition coefficient (Wildman–Crippen LogP) is 5.24. The van der Waals surface area contributed by atoms with Gasteiger partial charge >= 0.3 is 0 Å². The molecule has 0 aliphatic rings. The molecule has 0 unspecified atom stereocenters. The number of hydrogen-bond donors (Lipinski definition) is 0. The number of fused-ring (bicyclic) bond motifs is 2. The van der Waals surface area contributed by atoms with Crippen LogP contribution in [0.15, 0.2) is 72.3 Å². The van der Waals surface area contributed by atoms with Crippen LogP contribution in [0.3, 0.4) is 0 Å². The molecule has 0 radical (unpaired) electrons. The number of rotatable bonds is 5. The molecule has 152 valence electrons. The molecule has 5 aromatic rings. The van der Waals surface area contributed by atoms with Crippen LogP contribution >= 0.6 is 0 Å². The zero-order chi connectivity index (χ0) is 21.4. The maximum absolute atomic E-state index is 14.2. The number of benzene rings is 2. The molecular weight excluding hydrogens is 400 g/mol. The van der Waals surface area contributed by atoms with Crippen LogP contribution in [0.4, 0.5) is 8.78 Å². The van der Waals surface area contributed by atoms with E-state index in [1.807, 2.05) is 28.8 Å². The molecule has 0 saturated heterocycles. The minimum Gasteiger partial charge on any atom is -0.311 e. The number of nitroso groups, excluding NO2 is 1. The summed E-state index contributed by atoms with van der Waals surface area (Å²) >= 11 is 0. The lowest BCUT2D eigenvalue weighted by Crippen LogP contribution is -2.00. The second-order valence-electron chi connectivity index (χ2n) is 7.15. The molecule has 3 aromatic heterocycles. The van der Waals surface area contributed by atoms with Crippen LogP contribution in [-0.2, 0) is 13.1 Å². The standard InChI is InChI=1S/C23H15F2N5O/c24-18-9-16(10-19(25)17(18)11-28-31)21-5-6-22-23(29-21)30(13-27-22)12-14-3-4-20-15(8-14)2-1-7-26-20/h1-10,13H,11-12H2. The van der Waals surface area contributed by atoms with E-state index in [1.165, 1.54) is 0 Å². The minimum absolute atomic E-state index is 0.274. The monoisotopic (exact) mass is 415 g/mol. The van der Waals surface area contributed by atoms with Crippen molar-refractivity contribution in [3.05, 3.63) is 94.8 Å². The second-order valence-corrected chi connectivity index (χ2v) is 7.15. The number of pyridine rings is 2. The molecule has 0 N–H and O–H groups in total. The summed E-state index contributed by atoms with van der Waals surface area (Å²) in [7, 11) is 0. The van der Waals surface area contributed by atoms with Gasteiger partial charge in [-0.25, -0.2) is 18.7 Å². The van der Waals surface area contributed by atoms with Gasteiger partial charge in [-0.2, -0.15) is 4.91 Å². The van der Waals surface area contributed by atoms with E-state index >= 15 is 0 Å². The maximum atomic E-state index is 14.2. The molecule has 0 aliphatic heterocycles. The van der Waals surface area contributed by atoms with Crippen molar-refractivity contribution in [1.82, 2.24) is 19.5 Å². The summed E-state index contributed by atoms with van der Waals surface area (Å²) in [5.74, 6) is -1.65. The normalized spacial score (nSPS) is 11.3. The van der Waals surface area contributed by atoms with Crippen molar-refractivity contribution in [3.8, 4) is 11.3 Å². The van der Waals surface area contributed by atoms with Gasteiger partial charge in [0.2, 0.25) is 0 Å². The van der Waals surface area contributed by atoms with E-state index in [0.29, 0.717) is 23.4 Å². The number of halogens is 2. The third kappa shape index (κ3) is 3.52. The van der Waals surface area contributed by atoms with Gasteiger partial charge in [-0.05, 0) is 48.0 Å². The largest absolute Gasteiger partial charge is 0.311 e. The summed E-state index contributed by atoms with van der Waals surface area (Å²) in [5.41, 5.74) is 3.57. The topological polar surface area (TPSA) is 73.0 Å². The molecule has 2 aromatic carbocycles. The highest BCUT2D eigenvalue weighted by Gasteiger charge is 2.14. The average Bonchev–Trinajstić information content (AvgIpc) is 3.18. The number of nitrogens with zero attached hydrogens (tertiary/aromatic N) is 5. The van der Waals surface area contributed by atoms with Crippen LogP contribution < -0.4 is 0 Å². The Hall–Kier alpha value is -4.07. The first-order valence-electron chi connectivity index (χ1n) is 9.55. The molecule has 5 rings (SSSR count). The van der Waals surface area contributed by atoms with Gasteiger partial charge in [0.05, 0.1) is 24.1 Å². The molecule has 0 amide bonds. The molecule has 0 fully saturated rings. The lowest BCUT2D eigenvalue weighted by atomic mass is 10.1. The SMILES string of the molecule is O=NCc1c(F)cc(-c2ccc3ncn(Cc4ccc5ncccc5c4)c3n2)cc1F. The van der Waals surface area contributed by atoms with E-state index in [2.05, 4.69) is 26.2 Å². The molecule has 31 heavy (non-hydrogen) atoms. The van der Waals surface area contributed by atoms with Gasteiger partial charge in [0.1, 0.15) is 23.7 Å². The van der Waals surface area contributed by atoms with Crippen LogP contribution in [-0.4, -0.2) is 19.5 Å². The fraction of sp³-hybridized carbons (Fsp3) is 0.0870. The Morgan fingerprint density at radius 1 is 0.935 bits per heavy atom. The fourth-order valence-corrected chi connectivity index (χ4v) is 3.60. The Morgan fingerprint density at radius 2 is 1.74 bits per heavy atom. The van der Waals surface area contributed by atoms with Crippen molar-refractivity contribution in [2.45, 2.75) is 13.1 Å². The van der Waals surface area contributed by atoms with Crippen molar-refractivity contribution in [1.29, 1.82) is 0 Å². The zero-order valence-corrected chi connectivity index (χ0v) is 16.2. The first-order valence-corrected chi connectivity index (χ1v) is 9.55. The van der Waals surface area contributed by atoms with Crippen molar-refractivity contribution >= 4 is 22.1 Å². The molecule has 3 heterocycles. The number of aromatic nitrogens is 4. The molecular formula is C23H15F2N5O. The van der Waals surface area contributed by atoms with Gasteiger partial charge in [0.25, 0.3) is 0 Å². The Labute approximate surface area is 175 Å². The summed E-state index contributed by atoms with van der Waals surface area (Å²) in [5, 5.41) is 3.61. The van der Waals surface area contributed by atoms with E-state index in [1.54, 1.807) is 24.7 Å². The third-order valence-electron chi connectivity index (χ3n) is 5.14. The van der Waals surface area contributed by atoms with Gasteiger partial charge in [-0.15, -0.1) is 0 Å². The first kappa shape index (κ1) is 18.9. The second kappa shape index (κ2) is 7.64. The summed E-state index contributed by atoms with van der Waals surface area (Å²) in [6.45, 7) is -0.0249. The van der Waals surface area contributed by atoms with E-state index in [-0.39, 0.29) is 11.1 Å². The summed E-state index contributed by atoms with van der Waals surface area (Å²) in [6.07, 6.45) is 3.44. The van der Waals surface area contributed by atoms with Crippen molar-refractivity contribution in [2.75, 3.05) is 0 Å². The molecule has 0 aliphatic carbocycles. The van der Waals surface area contributed by atoms with Crippen LogP contribution in [0, 0.1) is 16.5 Å². The van der Waals surface area contributed by atoms with Crippen LogP contribution in [0.25, 0.3) is 33.3 Å². The van der Waals surface area contributed by atoms with Crippen LogP contribution in [0.2, 0.25) is 0 Å². The average molecular weight is 415 g/mol. The molecule has 0 saturated carbocycles. The lowest BCUT2D eigenvalue weighted by Gasteiger charge is -2.08. The highest BCUT2D eigenvalue weighted by molar-refractivity contribution is 5.79. The van der Waals surface area contributed by atoms with E-state index in [9.17, 15) is 13.7 Å². The summed E-state index contributed by atoms with van der Waals surface area (Å²) in [6, 6.07) is 15.6. The van der Waals surface area contributed by atoms with Gasteiger partial charge < -0.3 is 4.57 Å². The fourth-order valence-electron chi connectivity index (χ4n) is 3.60. The third-order valence-corrected chi connectivity index (χ3v) is 5.14. The molecule has 6 nitrogen and oxygen atoms in total. The van der Waals surface area contributed by atoms with Crippen LogP contribution in [0.1, 0.15) is 11.1 Å². The highest BCUT2D eigenvalue weighted by atomic mass is 19.1. The quantitative estimate of drug-likeness (QED) is 0.368. The lowest BCUT2D eigenvalue weighted by molar-refractivity contribution is 0.557. The van der Waals surface area contributed by atoms with Crippen molar-refractivity contribution in [3.63, 3.8) is 0 Å². The molecule has 0 spiro atoms. The zero-order valence-electron chi connectivity index (χ0n) is 16.2. The predicted molar refractivity (Wildman–Crippen MR) is 113 cm³/mol. The Kier molecular flexibility index (Phi) is 4.66. The minimum atomic E-state index is -0.824. The van der Waals surface area contributed by atoms with E-state index < -0.39 is 18.2 Å². The first-order chi connectivity index (χ1) is 15.1. The van der Waals surface area contributed by atoms with Gasteiger partial charge in [0, 0.05) is 22.7 Å². The maximum Gasteiger partial charge on any atom is 0.160 e. The summed E-state index contributed by atoms with van der Waals surface area (Å²) in [4.78, 5) is 23.7. The molecule has 0 bridgehead atoms. The van der Waals surface area contributed by atoms with Crippen LogP contribution in [0.5, 0.6) is 0 Å². The number of imidazole rings is 1. The Balaban J connectivity index is 1.53. The van der Waals surface area contributed by atoms with Gasteiger partial charge in [-0.1, -0.05) is 17.3 Å². The van der Waals surface area contributed by atoms with Crippen molar-refractivity contribution < 1.29 is 8.78 Å². The van der Waals surface area contributed by atoms with Gasteiger partial charge in [-0.3, -0.25) is 4.98 Å². The van der Waals surface area contributed by atoms with E-state index in [0.717, 1.165) is 28.6 Å². The summed E-state index contributed by atoms with van der Waals surface area (Å²) < 4.78 is 30.4. The molecule has 0 atom stereocenters.